The predicted octanol–water partition coefficient (Wildman–Crippen LogP) is 1.29. The van der Waals surface area contributed by atoms with Crippen molar-refractivity contribution in [3.8, 4) is 0 Å². The number of aryl methyl sites for hydroxylation is 1. The monoisotopic (exact) mass is 272 g/mol. The largest absolute Gasteiger partial charge is 0.341 e. The number of nitrogens with zero attached hydrogens (tertiary/aromatic N) is 3. The number of fused-ring (bicyclic) bond motifs is 1. The van der Waals surface area contributed by atoms with Crippen LogP contribution in [0.5, 0.6) is 0 Å². The zero-order chi connectivity index (χ0) is 13.9. The number of rotatable bonds is 5. The second kappa shape index (κ2) is 5.63. The number of carbonyl (C=O) groups excluding carboxylic acids is 1. The summed E-state index contributed by atoms with van der Waals surface area (Å²) in [6, 6.07) is 4.07. The minimum atomic E-state index is 0.293. The van der Waals surface area contributed by atoms with Crippen LogP contribution in [0.15, 0.2) is 24.5 Å². The molecule has 5 heteroatoms. The topological polar surface area (TPSA) is 50.2 Å². The normalized spacial score (nSPS) is 15.4. The Morgan fingerprint density at radius 1 is 1.45 bits per heavy atom. The summed E-state index contributed by atoms with van der Waals surface area (Å²) in [5.41, 5.74) is 2.27. The zero-order valence-corrected chi connectivity index (χ0v) is 11.8. The van der Waals surface area contributed by atoms with Gasteiger partial charge in [0.2, 0.25) is 5.91 Å². The van der Waals surface area contributed by atoms with Gasteiger partial charge in [0.05, 0.1) is 0 Å². The van der Waals surface area contributed by atoms with Crippen LogP contribution in [0.25, 0.3) is 11.0 Å². The molecule has 0 spiro atoms. The van der Waals surface area contributed by atoms with Crippen molar-refractivity contribution in [2.24, 2.45) is 7.05 Å². The van der Waals surface area contributed by atoms with E-state index in [2.05, 4.69) is 27.1 Å². The minimum Gasteiger partial charge on any atom is -0.341 e. The summed E-state index contributed by atoms with van der Waals surface area (Å²) >= 11 is 0. The second-order valence-corrected chi connectivity index (χ2v) is 5.30. The average molecular weight is 272 g/mol. The molecular formula is C15H20N4O. The number of likely N-dealkylation sites (tertiary alicyclic amines) is 1. The van der Waals surface area contributed by atoms with E-state index in [0.29, 0.717) is 5.91 Å². The fraction of sp³-hybridized carbons (Fsp3) is 0.467. The lowest BCUT2D eigenvalue weighted by atomic mass is 10.2. The molecule has 106 valence electrons. The Balaban J connectivity index is 1.56. The summed E-state index contributed by atoms with van der Waals surface area (Å²) < 4.78 is 2.05. The second-order valence-electron chi connectivity index (χ2n) is 5.30. The Hall–Kier alpha value is -1.88. The zero-order valence-electron chi connectivity index (χ0n) is 11.8. The molecule has 2 aromatic heterocycles. The molecule has 0 aromatic carbocycles. The van der Waals surface area contributed by atoms with E-state index in [0.717, 1.165) is 44.7 Å². The quantitative estimate of drug-likeness (QED) is 0.834. The maximum atomic E-state index is 11.5. The Morgan fingerprint density at radius 2 is 2.35 bits per heavy atom. The molecular weight excluding hydrogens is 252 g/mol. The molecule has 5 nitrogen and oxygen atoms in total. The fourth-order valence-corrected chi connectivity index (χ4v) is 2.81. The Labute approximate surface area is 118 Å². The average Bonchev–Trinajstić information content (AvgIpc) is 3.00. The molecule has 1 amide bonds. The van der Waals surface area contributed by atoms with Gasteiger partial charge in [0.25, 0.3) is 0 Å². The van der Waals surface area contributed by atoms with Gasteiger partial charge in [0.1, 0.15) is 5.65 Å². The van der Waals surface area contributed by atoms with Gasteiger partial charge in [-0.15, -0.1) is 0 Å². The highest BCUT2D eigenvalue weighted by Crippen LogP contribution is 2.17. The first-order valence-electron chi connectivity index (χ1n) is 7.13. The van der Waals surface area contributed by atoms with Crippen LogP contribution in [0.2, 0.25) is 0 Å². The van der Waals surface area contributed by atoms with Crippen molar-refractivity contribution in [1.82, 2.24) is 19.8 Å². The first-order valence-corrected chi connectivity index (χ1v) is 7.13. The SMILES string of the molecule is Cn1cc(CNCCN2CCCC2=O)c2cccnc21. The maximum absolute atomic E-state index is 11.5. The number of pyridine rings is 1. The molecule has 0 unspecified atom stereocenters. The standard InChI is InChI=1S/C15H20N4O/c1-18-11-12(13-4-2-6-17-15(13)18)10-16-7-9-19-8-3-5-14(19)20/h2,4,6,11,16H,3,5,7-10H2,1H3. The van der Waals surface area contributed by atoms with Crippen molar-refractivity contribution in [2.45, 2.75) is 19.4 Å². The summed E-state index contributed by atoms with van der Waals surface area (Å²) in [6.45, 7) is 3.37. The first-order chi connectivity index (χ1) is 9.75. The van der Waals surface area contributed by atoms with Crippen molar-refractivity contribution in [2.75, 3.05) is 19.6 Å². The lowest BCUT2D eigenvalue weighted by Crippen LogP contribution is -2.32. The van der Waals surface area contributed by atoms with Crippen LogP contribution in [0.1, 0.15) is 18.4 Å². The van der Waals surface area contributed by atoms with E-state index in [-0.39, 0.29) is 0 Å². The summed E-state index contributed by atoms with van der Waals surface area (Å²) in [5, 5.41) is 4.61. The molecule has 3 heterocycles. The number of hydrogen-bond acceptors (Lipinski definition) is 3. The third kappa shape index (κ3) is 2.54. The minimum absolute atomic E-state index is 0.293. The van der Waals surface area contributed by atoms with Gasteiger partial charge in [0.15, 0.2) is 0 Å². The number of amides is 1. The lowest BCUT2D eigenvalue weighted by molar-refractivity contribution is -0.127. The summed E-state index contributed by atoms with van der Waals surface area (Å²) in [4.78, 5) is 17.8. The van der Waals surface area contributed by atoms with E-state index in [1.807, 2.05) is 24.2 Å². The van der Waals surface area contributed by atoms with E-state index in [4.69, 9.17) is 0 Å². The van der Waals surface area contributed by atoms with Crippen LogP contribution < -0.4 is 5.32 Å². The highest BCUT2D eigenvalue weighted by Gasteiger charge is 2.18. The van der Waals surface area contributed by atoms with Crippen molar-refractivity contribution in [3.05, 3.63) is 30.1 Å². The highest BCUT2D eigenvalue weighted by atomic mass is 16.2. The molecule has 20 heavy (non-hydrogen) atoms. The van der Waals surface area contributed by atoms with Crippen LogP contribution in [0, 0.1) is 0 Å². The van der Waals surface area contributed by atoms with Gasteiger partial charge in [0, 0.05) is 57.4 Å². The molecule has 2 aromatic rings. The van der Waals surface area contributed by atoms with Gasteiger partial charge in [-0.1, -0.05) is 0 Å². The summed E-state index contributed by atoms with van der Waals surface area (Å²) in [7, 11) is 2.02. The van der Waals surface area contributed by atoms with Gasteiger partial charge >= 0.3 is 0 Å². The van der Waals surface area contributed by atoms with Crippen LogP contribution >= 0.6 is 0 Å². The molecule has 3 rings (SSSR count). The molecule has 1 aliphatic heterocycles. The maximum Gasteiger partial charge on any atom is 0.222 e. The summed E-state index contributed by atoms with van der Waals surface area (Å²) in [5.74, 6) is 0.293. The Morgan fingerprint density at radius 3 is 3.15 bits per heavy atom. The van der Waals surface area contributed by atoms with Crippen molar-refractivity contribution in [3.63, 3.8) is 0 Å². The smallest absolute Gasteiger partial charge is 0.222 e. The predicted molar refractivity (Wildman–Crippen MR) is 78.2 cm³/mol. The Bertz CT molecular complexity index is 619. The Kier molecular flexibility index (Phi) is 3.69. The molecule has 1 N–H and O–H groups in total. The third-order valence-corrected chi connectivity index (χ3v) is 3.86. The molecule has 0 atom stereocenters. The van der Waals surface area contributed by atoms with Crippen LogP contribution in [-0.2, 0) is 18.4 Å². The number of hydrogen-bond donors (Lipinski definition) is 1. The first kappa shape index (κ1) is 13.1. The van der Waals surface area contributed by atoms with Gasteiger partial charge in [-0.05, 0) is 24.1 Å². The molecule has 0 saturated carbocycles. The molecule has 0 bridgehead atoms. The van der Waals surface area contributed by atoms with Crippen LogP contribution in [0.3, 0.4) is 0 Å². The third-order valence-electron chi connectivity index (χ3n) is 3.86. The van der Waals surface area contributed by atoms with Gasteiger partial charge in [-0.25, -0.2) is 4.98 Å². The molecule has 1 fully saturated rings. The highest BCUT2D eigenvalue weighted by molar-refractivity contribution is 5.80. The van der Waals surface area contributed by atoms with Crippen LogP contribution in [0.4, 0.5) is 0 Å². The van der Waals surface area contributed by atoms with Crippen molar-refractivity contribution >= 4 is 16.9 Å². The molecule has 0 radical (unpaired) electrons. The number of nitrogens with one attached hydrogen (secondary N) is 1. The van der Waals surface area contributed by atoms with Gasteiger partial charge in [-0.3, -0.25) is 4.79 Å². The molecule has 1 saturated heterocycles. The summed E-state index contributed by atoms with van der Waals surface area (Å²) in [6.07, 6.45) is 5.66. The number of aromatic nitrogens is 2. The van der Waals surface area contributed by atoms with E-state index in [9.17, 15) is 4.79 Å². The number of carbonyl (C=O) groups is 1. The van der Waals surface area contributed by atoms with E-state index < -0.39 is 0 Å². The van der Waals surface area contributed by atoms with E-state index in [1.54, 1.807) is 0 Å². The van der Waals surface area contributed by atoms with Crippen LogP contribution in [-0.4, -0.2) is 40.0 Å². The van der Waals surface area contributed by atoms with Crippen molar-refractivity contribution in [1.29, 1.82) is 0 Å². The van der Waals surface area contributed by atoms with Gasteiger partial charge < -0.3 is 14.8 Å². The molecule has 0 aliphatic carbocycles. The van der Waals surface area contributed by atoms with Gasteiger partial charge in [-0.2, -0.15) is 0 Å². The van der Waals surface area contributed by atoms with E-state index in [1.165, 1.54) is 10.9 Å². The molecule has 1 aliphatic rings. The van der Waals surface area contributed by atoms with Crippen molar-refractivity contribution < 1.29 is 4.79 Å². The fourth-order valence-electron chi connectivity index (χ4n) is 2.81. The lowest BCUT2D eigenvalue weighted by Gasteiger charge is -2.15. The van der Waals surface area contributed by atoms with E-state index >= 15 is 0 Å².